The first-order chi connectivity index (χ1) is 13.9. The molecule has 1 aliphatic heterocycles. The molecular formula is C20H24N2O5S2. The molecular weight excluding hydrogens is 412 g/mol. The van der Waals surface area contributed by atoms with Crippen LogP contribution in [0, 0.1) is 0 Å². The zero-order valence-corrected chi connectivity index (χ0v) is 17.6. The van der Waals surface area contributed by atoms with E-state index in [1.807, 2.05) is 30.3 Å². The zero-order valence-electron chi connectivity index (χ0n) is 16.0. The minimum Gasteiger partial charge on any atom is -0.455 e. The number of nitrogens with zero attached hydrogens (tertiary/aromatic N) is 1. The number of esters is 1. The number of amides is 1. The fourth-order valence-electron chi connectivity index (χ4n) is 3.01. The van der Waals surface area contributed by atoms with Crippen LogP contribution in [0.5, 0.6) is 0 Å². The van der Waals surface area contributed by atoms with Gasteiger partial charge < -0.3 is 10.1 Å². The van der Waals surface area contributed by atoms with E-state index in [0.717, 1.165) is 36.2 Å². The van der Waals surface area contributed by atoms with Crippen LogP contribution in [0.25, 0.3) is 0 Å². The van der Waals surface area contributed by atoms with Crippen molar-refractivity contribution in [2.45, 2.75) is 36.4 Å². The van der Waals surface area contributed by atoms with Gasteiger partial charge in [0.2, 0.25) is 0 Å². The summed E-state index contributed by atoms with van der Waals surface area (Å²) in [6.45, 7) is 1.07. The Morgan fingerprint density at radius 3 is 2.48 bits per heavy atom. The summed E-state index contributed by atoms with van der Waals surface area (Å²) in [6.07, 6.45) is 2.73. The lowest BCUT2D eigenvalue weighted by atomic mass is 10.2. The van der Waals surface area contributed by atoms with Crippen LogP contribution >= 0.6 is 11.3 Å². The highest BCUT2D eigenvalue weighted by Gasteiger charge is 2.27. The second-order valence-corrected chi connectivity index (χ2v) is 10.1. The molecule has 0 unspecified atom stereocenters. The molecule has 1 fully saturated rings. The van der Waals surface area contributed by atoms with Gasteiger partial charge in [0.25, 0.3) is 15.9 Å². The molecule has 7 nitrogen and oxygen atoms in total. The predicted octanol–water partition coefficient (Wildman–Crippen LogP) is 2.32. The quantitative estimate of drug-likeness (QED) is 0.641. The monoisotopic (exact) mass is 436 g/mol. The minimum atomic E-state index is -3.50. The van der Waals surface area contributed by atoms with E-state index in [4.69, 9.17) is 4.74 Å². The second kappa shape index (κ2) is 10.00. The maximum absolute atomic E-state index is 12.7. The lowest BCUT2D eigenvalue weighted by Crippen LogP contribution is -2.35. The van der Waals surface area contributed by atoms with Gasteiger partial charge in [-0.05, 0) is 30.5 Å². The summed E-state index contributed by atoms with van der Waals surface area (Å²) >= 11 is 1.07. The molecule has 0 saturated carbocycles. The average molecular weight is 437 g/mol. The summed E-state index contributed by atoms with van der Waals surface area (Å²) in [7, 11) is -3.50. The van der Waals surface area contributed by atoms with E-state index < -0.39 is 16.0 Å². The third-order valence-corrected chi connectivity index (χ3v) is 8.01. The number of nitrogens with one attached hydrogen (secondary N) is 1. The largest absolute Gasteiger partial charge is 0.455 e. The van der Waals surface area contributed by atoms with Gasteiger partial charge >= 0.3 is 5.97 Å². The van der Waals surface area contributed by atoms with Crippen molar-refractivity contribution in [1.82, 2.24) is 9.62 Å². The zero-order chi connectivity index (χ0) is 20.7. The van der Waals surface area contributed by atoms with Crippen LogP contribution in [0.1, 0.15) is 29.7 Å². The molecule has 9 heteroatoms. The van der Waals surface area contributed by atoms with Crippen molar-refractivity contribution in [1.29, 1.82) is 0 Å². The molecule has 0 atom stereocenters. The number of sulfonamides is 1. The van der Waals surface area contributed by atoms with Gasteiger partial charge in [-0.1, -0.05) is 36.8 Å². The number of carbonyl (C=O) groups excluding carboxylic acids is 2. The molecule has 29 heavy (non-hydrogen) atoms. The van der Waals surface area contributed by atoms with Crippen LogP contribution in [0.3, 0.4) is 0 Å². The molecule has 0 aliphatic carbocycles. The average Bonchev–Trinajstić information content (AvgIpc) is 3.21. The molecule has 1 aromatic heterocycles. The van der Waals surface area contributed by atoms with Crippen molar-refractivity contribution >= 4 is 33.2 Å². The highest BCUT2D eigenvalue weighted by Crippen LogP contribution is 2.27. The number of thiophene rings is 1. The number of ether oxygens (including phenoxy) is 1. The van der Waals surface area contributed by atoms with Gasteiger partial charge in [-0.25, -0.2) is 8.42 Å². The summed E-state index contributed by atoms with van der Waals surface area (Å²) in [6, 6.07) is 12.6. The summed E-state index contributed by atoms with van der Waals surface area (Å²) in [5.74, 6) is -0.953. The number of rotatable bonds is 8. The fraction of sp³-hybridized carbons (Fsp3) is 0.400. The van der Waals surface area contributed by atoms with Crippen molar-refractivity contribution < 1.29 is 22.7 Å². The van der Waals surface area contributed by atoms with Crippen LogP contribution in [0.4, 0.5) is 0 Å². The summed E-state index contributed by atoms with van der Waals surface area (Å²) in [5.41, 5.74) is 0.952. The molecule has 1 N–H and O–H groups in total. The molecule has 0 radical (unpaired) electrons. The van der Waals surface area contributed by atoms with E-state index in [1.165, 1.54) is 10.4 Å². The Bertz CT molecular complexity index is 935. The molecule has 1 amide bonds. The smallest absolute Gasteiger partial charge is 0.311 e. The van der Waals surface area contributed by atoms with Crippen LogP contribution in [0.15, 0.2) is 46.7 Å². The maximum atomic E-state index is 12.7. The summed E-state index contributed by atoms with van der Waals surface area (Å²) in [4.78, 5) is 24.4. The van der Waals surface area contributed by atoms with Gasteiger partial charge in [-0.3, -0.25) is 9.59 Å². The van der Waals surface area contributed by atoms with E-state index in [0.29, 0.717) is 24.5 Å². The standard InChI is InChI=1S/C20H24N2O5S2/c23-18(21-14-16-7-3-1-4-8-16)15-27-19(24)13-17-9-10-20(28-17)29(25,26)22-11-5-2-6-12-22/h1,3-4,7-10H,2,5-6,11-15H2,(H,21,23). The van der Waals surface area contributed by atoms with E-state index in [1.54, 1.807) is 6.07 Å². The van der Waals surface area contributed by atoms with Crippen molar-refractivity contribution in [3.8, 4) is 0 Å². The fourth-order valence-corrected chi connectivity index (χ4v) is 6.02. The molecule has 156 valence electrons. The topological polar surface area (TPSA) is 92.8 Å². The number of piperidine rings is 1. The lowest BCUT2D eigenvalue weighted by Gasteiger charge is -2.25. The number of carbonyl (C=O) groups is 2. The van der Waals surface area contributed by atoms with Crippen LogP contribution in [-0.2, 0) is 37.3 Å². The molecule has 1 aromatic carbocycles. The molecule has 2 aromatic rings. The van der Waals surface area contributed by atoms with Crippen molar-refractivity contribution in [3.63, 3.8) is 0 Å². The van der Waals surface area contributed by atoms with Crippen molar-refractivity contribution in [2.24, 2.45) is 0 Å². The Balaban J connectivity index is 1.45. The molecule has 2 heterocycles. The van der Waals surface area contributed by atoms with Gasteiger partial charge in [0.05, 0.1) is 6.42 Å². The van der Waals surface area contributed by atoms with E-state index in [9.17, 15) is 18.0 Å². The summed E-state index contributed by atoms with van der Waals surface area (Å²) in [5, 5.41) is 2.68. The Morgan fingerprint density at radius 1 is 1.03 bits per heavy atom. The molecule has 0 spiro atoms. The molecule has 1 aliphatic rings. The van der Waals surface area contributed by atoms with Crippen molar-refractivity contribution in [2.75, 3.05) is 19.7 Å². The maximum Gasteiger partial charge on any atom is 0.311 e. The minimum absolute atomic E-state index is 0.0633. The first kappa shape index (κ1) is 21.5. The third kappa shape index (κ3) is 6.12. The van der Waals surface area contributed by atoms with Crippen LogP contribution in [-0.4, -0.2) is 44.3 Å². The second-order valence-electron chi connectivity index (χ2n) is 6.79. The molecule has 0 bridgehead atoms. The summed E-state index contributed by atoms with van der Waals surface area (Å²) < 4.78 is 32.1. The SMILES string of the molecule is O=C(COC(=O)Cc1ccc(S(=O)(=O)N2CCCCC2)s1)NCc1ccccc1. The highest BCUT2D eigenvalue weighted by molar-refractivity contribution is 7.91. The third-order valence-electron chi connectivity index (χ3n) is 4.56. The van der Waals surface area contributed by atoms with E-state index >= 15 is 0 Å². The van der Waals surface area contributed by atoms with Crippen LogP contribution < -0.4 is 5.32 Å². The Hall–Kier alpha value is -2.23. The molecule has 3 rings (SSSR count). The van der Waals surface area contributed by atoms with Gasteiger partial charge in [-0.15, -0.1) is 11.3 Å². The van der Waals surface area contributed by atoms with E-state index in [2.05, 4.69) is 5.32 Å². The van der Waals surface area contributed by atoms with Gasteiger partial charge in [0, 0.05) is 24.5 Å². The van der Waals surface area contributed by atoms with Crippen LogP contribution in [0.2, 0.25) is 0 Å². The number of hydrogen-bond donors (Lipinski definition) is 1. The lowest BCUT2D eigenvalue weighted by molar-refractivity contribution is -0.147. The van der Waals surface area contributed by atoms with Gasteiger partial charge in [-0.2, -0.15) is 4.31 Å². The van der Waals surface area contributed by atoms with E-state index in [-0.39, 0.29) is 23.1 Å². The number of benzene rings is 1. The van der Waals surface area contributed by atoms with Gasteiger partial charge in [0.1, 0.15) is 4.21 Å². The van der Waals surface area contributed by atoms with Crippen molar-refractivity contribution in [3.05, 3.63) is 52.9 Å². The van der Waals surface area contributed by atoms with Gasteiger partial charge in [0.15, 0.2) is 6.61 Å². The Kier molecular flexibility index (Phi) is 7.40. The predicted molar refractivity (Wildman–Crippen MR) is 110 cm³/mol. The first-order valence-electron chi connectivity index (χ1n) is 9.50. The highest BCUT2D eigenvalue weighted by atomic mass is 32.2. The Labute approximate surface area is 174 Å². The first-order valence-corrected chi connectivity index (χ1v) is 11.8. The normalized spacial score (nSPS) is 15.0. The number of hydrogen-bond acceptors (Lipinski definition) is 6. The Morgan fingerprint density at radius 2 is 1.76 bits per heavy atom. The molecule has 1 saturated heterocycles.